The molecule has 0 fully saturated rings. The standard InChI is InChI=1S/C20H23ClN5O3P/c1-12-9-13(28-2)5-7-16(12)24-20-22-11-15(21)19(25-20)23-17-8-6-14(29-3)10-18(17)26-30(4)27/h5-11,26-27H,1-4H3,(H2,22,23,24,25). The van der Waals surface area contributed by atoms with E-state index in [1.165, 1.54) is 6.20 Å². The van der Waals surface area contributed by atoms with E-state index in [2.05, 4.69) is 25.7 Å². The number of methoxy groups -OCH3 is 2. The van der Waals surface area contributed by atoms with Gasteiger partial charge >= 0.3 is 0 Å². The lowest BCUT2D eigenvalue weighted by molar-refractivity contribution is 0.414. The molecule has 0 aliphatic carbocycles. The molecule has 158 valence electrons. The molecule has 3 aromatic rings. The van der Waals surface area contributed by atoms with Crippen LogP contribution in [-0.4, -0.2) is 35.7 Å². The summed E-state index contributed by atoms with van der Waals surface area (Å²) in [6.45, 7) is 3.66. The molecule has 4 N–H and O–H groups in total. The molecule has 2 aromatic carbocycles. The van der Waals surface area contributed by atoms with Gasteiger partial charge in [0.05, 0.1) is 31.8 Å². The minimum atomic E-state index is -1.37. The summed E-state index contributed by atoms with van der Waals surface area (Å²) in [6, 6.07) is 11.1. The van der Waals surface area contributed by atoms with Crippen molar-refractivity contribution in [2.45, 2.75) is 6.92 Å². The maximum absolute atomic E-state index is 9.80. The molecule has 1 atom stereocenters. The molecule has 0 amide bonds. The van der Waals surface area contributed by atoms with Crippen LogP contribution in [0.5, 0.6) is 11.5 Å². The third-order valence-corrected chi connectivity index (χ3v) is 5.03. The summed E-state index contributed by atoms with van der Waals surface area (Å²) in [7, 11) is 1.84. The molecule has 8 nitrogen and oxygen atoms in total. The van der Waals surface area contributed by atoms with Gasteiger partial charge < -0.3 is 30.1 Å². The van der Waals surface area contributed by atoms with Crippen LogP contribution >= 0.6 is 19.9 Å². The zero-order valence-electron chi connectivity index (χ0n) is 17.0. The molecule has 0 saturated carbocycles. The Hall–Kier alpha value is -2.80. The van der Waals surface area contributed by atoms with Crippen molar-refractivity contribution < 1.29 is 14.4 Å². The van der Waals surface area contributed by atoms with Crippen molar-refractivity contribution in [3.8, 4) is 11.5 Å². The monoisotopic (exact) mass is 447 g/mol. The van der Waals surface area contributed by atoms with Gasteiger partial charge in [-0.3, -0.25) is 0 Å². The number of aryl methyl sites for hydroxylation is 1. The highest BCUT2D eigenvalue weighted by molar-refractivity contribution is 7.52. The molecule has 0 saturated heterocycles. The fourth-order valence-electron chi connectivity index (χ4n) is 2.69. The first-order chi connectivity index (χ1) is 14.4. The van der Waals surface area contributed by atoms with Crippen molar-refractivity contribution in [2.75, 3.05) is 36.6 Å². The van der Waals surface area contributed by atoms with Crippen LogP contribution in [0.2, 0.25) is 5.02 Å². The number of hydrogen-bond acceptors (Lipinski definition) is 8. The van der Waals surface area contributed by atoms with E-state index >= 15 is 0 Å². The summed E-state index contributed by atoms with van der Waals surface area (Å²) in [4.78, 5) is 18.6. The zero-order valence-corrected chi connectivity index (χ0v) is 18.7. The molecule has 0 spiro atoms. The summed E-state index contributed by atoms with van der Waals surface area (Å²) in [6.07, 6.45) is 1.52. The number of anilines is 5. The number of benzene rings is 2. The van der Waals surface area contributed by atoms with E-state index in [9.17, 15) is 4.89 Å². The van der Waals surface area contributed by atoms with Crippen LogP contribution in [0, 0.1) is 6.92 Å². The Kier molecular flexibility index (Phi) is 7.15. The first-order valence-electron chi connectivity index (χ1n) is 8.98. The molecule has 10 heteroatoms. The highest BCUT2D eigenvalue weighted by atomic mass is 35.5. The van der Waals surface area contributed by atoms with E-state index in [0.717, 1.165) is 17.0 Å². The Bertz CT molecular complexity index is 1040. The maximum atomic E-state index is 9.80. The third-order valence-electron chi connectivity index (χ3n) is 4.19. The summed E-state index contributed by atoms with van der Waals surface area (Å²) in [5, 5.41) is 9.77. The minimum absolute atomic E-state index is 0.358. The highest BCUT2D eigenvalue weighted by Gasteiger charge is 2.12. The van der Waals surface area contributed by atoms with Crippen molar-refractivity contribution in [3.05, 3.63) is 53.2 Å². The van der Waals surface area contributed by atoms with E-state index < -0.39 is 8.30 Å². The topological polar surface area (TPSA) is 101 Å². The lowest BCUT2D eigenvalue weighted by Crippen LogP contribution is -2.04. The predicted octanol–water partition coefficient (Wildman–Crippen LogP) is 5.29. The fourth-order valence-corrected chi connectivity index (χ4v) is 3.36. The summed E-state index contributed by atoms with van der Waals surface area (Å²) in [5.74, 6) is 2.24. The van der Waals surface area contributed by atoms with E-state index in [1.807, 2.05) is 31.2 Å². The Morgan fingerprint density at radius 2 is 1.63 bits per heavy atom. The largest absolute Gasteiger partial charge is 0.497 e. The van der Waals surface area contributed by atoms with Gasteiger partial charge in [-0.1, -0.05) is 11.6 Å². The van der Waals surface area contributed by atoms with Crippen molar-refractivity contribution in [1.82, 2.24) is 9.97 Å². The summed E-state index contributed by atoms with van der Waals surface area (Å²) < 4.78 is 10.5. The van der Waals surface area contributed by atoms with Gasteiger partial charge in [0.25, 0.3) is 0 Å². The van der Waals surface area contributed by atoms with E-state index in [4.69, 9.17) is 21.1 Å². The van der Waals surface area contributed by atoms with Crippen LogP contribution < -0.4 is 25.2 Å². The molecule has 0 aliphatic heterocycles. The molecule has 1 heterocycles. The first kappa shape index (κ1) is 21.9. The average Bonchev–Trinajstić information content (AvgIpc) is 2.72. The molecular formula is C20H23ClN5O3P. The minimum Gasteiger partial charge on any atom is -0.497 e. The van der Waals surface area contributed by atoms with Crippen LogP contribution in [0.15, 0.2) is 42.6 Å². The molecule has 0 aliphatic rings. The normalized spacial score (nSPS) is 11.5. The predicted molar refractivity (Wildman–Crippen MR) is 123 cm³/mol. The Balaban J connectivity index is 1.87. The second-order valence-electron chi connectivity index (χ2n) is 6.37. The van der Waals surface area contributed by atoms with Gasteiger partial charge in [0.15, 0.2) is 5.82 Å². The lowest BCUT2D eigenvalue weighted by atomic mass is 10.2. The highest BCUT2D eigenvalue weighted by Crippen LogP contribution is 2.37. The smallest absolute Gasteiger partial charge is 0.229 e. The number of nitrogens with zero attached hydrogens (tertiary/aromatic N) is 2. The van der Waals surface area contributed by atoms with Crippen LogP contribution in [0.4, 0.5) is 28.8 Å². The Morgan fingerprint density at radius 3 is 2.27 bits per heavy atom. The van der Waals surface area contributed by atoms with Crippen molar-refractivity contribution in [1.29, 1.82) is 0 Å². The van der Waals surface area contributed by atoms with Crippen LogP contribution in [0.25, 0.3) is 0 Å². The summed E-state index contributed by atoms with van der Waals surface area (Å²) >= 11 is 6.31. The van der Waals surface area contributed by atoms with Gasteiger partial charge in [0.2, 0.25) is 5.95 Å². The molecule has 30 heavy (non-hydrogen) atoms. The quantitative estimate of drug-likeness (QED) is 0.346. The third kappa shape index (κ3) is 5.42. The van der Waals surface area contributed by atoms with Crippen molar-refractivity contribution in [3.63, 3.8) is 0 Å². The number of hydrogen-bond donors (Lipinski definition) is 4. The number of ether oxygens (including phenoxy) is 2. The average molecular weight is 448 g/mol. The van der Waals surface area contributed by atoms with Crippen LogP contribution in [-0.2, 0) is 0 Å². The van der Waals surface area contributed by atoms with Crippen LogP contribution in [0.3, 0.4) is 0 Å². The molecule has 1 unspecified atom stereocenters. The summed E-state index contributed by atoms with van der Waals surface area (Å²) in [5.41, 5.74) is 3.20. The van der Waals surface area contributed by atoms with E-state index in [-0.39, 0.29) is 0 Å². The van der Waals surface area contributed by atoms with Gasteiger partial charge in [-0.15, -0.1) is 0 Å². The number of aromatic nitrogens is 2. The van der Waals surface area contributed by atoms with Gasteiger partial charge in [-0.05, 0) is 49.5 Å². The number of halogens is 1. The Morgan fingerprint density at radius 1 is 0.967 bits per heavy atom. The Labute approximate surface area is 181 Å². The number of rotatable bonds is 8. The fraction of sp³-hybridized carbons (Fsp3) is 0.200. The SMILES string of the molecule is COc1ccc(Nc2ncc(Cl)c(Nc3ccc(OC)cc3NP(C)O)n2)c(C)c1. The lowest BCUT2D eigenvalue weighted by Gasteiger charge is -2.17. The van der Waals surface area contributed by atoms with Gasteiger partial charge in [-0.2, -0.15) is 4.98 Å². The molecular weight excluding hydrogens is 425 g/mol. The first-order valence-corrected chi connectivity index (χ1v) is 11.1. The van der Waals surface area contributed by atoms with E-state index in [1.54, 1.807) is 33.0 Å². The van der Waals surface area contributed by atoms with Gasteiger partial charge in [0, 0.05) is 11.8 Å². The van der Waals surface area contributed by atoms with E-state index in [0.29, 0.717) is 33.9 Å². The van der Waals surface area contributed by atoms with Crippen LogP contribution in [0.1, 0.15) is 5.56 Å². The zero-order chi connectivity index (χ0) is 21.7. The van der Waals surface area contributed by atoms with Crippen molar-refractivity contribution in [2.24, 2.45) is 0 Å². The van der Waals surface area contributed by atoms with Gasteiger partial charge in [0.1, 0.15) is 24.8 Å². The second kappa shape index (κ2) is 9.80. The molecule has 0 bridgehead atoms. The molecule has 1 aromatic heterocycles. The van der Waals surface area contributed by atoms with Gasteiger partial charge in [-0.25, -0.2) is 4.98 Å². The second-order valence-corrected chi connectivity index (χ2v) is 8.05. The maximum Gasteiger partial charge on any atom is 0.229 e. The molecule has 0 radical (unpaired) electrons. The number of nitrogens with one attached hydrogen (secondary N) is 3. The molecule has 3 rings (SSSR count). The van der Waals surface area contributed by atoms with Crippen molar-refractivity contribution >= 4 is 48.7 Å².